The van der Waals surface area contributed by atoms with E-state index in [1.807, 2.05) is 0 Å². The molecule has 0 aromatic rings. The van der Waals surface area contributed by atoms with Gasteiger partial charge in [0.15, 0.2) is 0 Å². The SMILES string of the molecule is CCCCCNC(=O)CCC(=O)NCCCCCNC(=O)CCC(=O)NCCCCCN(O)C(C)=O. The lowest BCUT2D eigenvalue weighted by Crippen LogP contribution is -2.29. The second-order valence-electron chi connectivity index (χ2n) is 8.87. The number of rotatable bonds is 22. The molecule has 0 rings (SSSR count). The van der Waals surface area contributed by atoms with Crippen molar-refractivity contribution in [2.75, 3.05) is 32.7 Å². The molecule has 5 N–H and O–H groups in total. The van der Waals surface area contributed by atoms with Gasteiger partial charge >= 0.3 is 0 Å². The van der Waals surface area contributed by atoms with Crippen molar-refractivity contribution in [3.05, 3.63) is 0 Å². The van der Waals surface area contributed by atoms with Gasteiger partial charge in [-0.25, -0.2) is 5.06 Å². The minimum absolute atomic E-state index is 0.0908. The molecule has 0 saturated carbocycles. The molecule has 5 amide bonds. The Bertz CT molecular complexity index is 659. The predicted molar refractivity (Wildman–Crippen MR) is 137 cm³/mol. The fourth-order valence-corrected chi connectivity index (χ4v) is 3.24. The number of nitrogens with zero attached hydrogens (tertiary/aromatic N) is 1. The van der Waals surface area contributed by atoms with Gasteiger partial charge in [0.1, 0.15) is 0 Å². The molecule has 0 spiro atoms. The van der Waals surface area contributed by atoms with Gasteiger partial charge in [0.2, 0.25) is 29.5 Å². The Morgan fingerprint density at radius 2 is 0.889 bits per heavy atom. The lowest BCUT2D eigenvalue weighted by Gasteiger charge is -2.11. The van der Waals surface area contributed by atoms with Gasteiger partial charge in [0.25, 0.3) is 0 Å². The molecule has 0 fully saturated rings. The van der Waals surface area contributed by atoms with E-state index in [0.717, 1.165) is 51.4 Å². The maximum Gasteiger partial charge on any atom is 0.242 e. The number of carbonyl (C=O) groups is 5. The van der Waals surface area contributed by atoms with Gasteiger partial charge < -0.3 is 21.3 Å². The lowest BCUT2D eigenvalue weighted by atomic mass is 10.2. The Morgan fingerprint density at radius 3 is 1.22 bits per heavy atom. The molecule has 0 bridgehead atoms. The molecule has 11 nitrogen and oxygen atoms in total. The number of unbranched alkanes of at least 4 members (excludes halogenated alkanes) is 6. The number of nitrogens with one attached hydrogen (secondary N) is 4. The van der Waals surface area contributed by atoms with Crippen molar-refractivity contribution in [1.82, 2.24) is 26.3 Å². The first-order chi connectivity index (χ1) is 17.3. The molecule has 0 atom stereocenters. The molecule has 0 saturated heterocycles. The maximum absolute atomic E-state index is 11.8. The Hall–Kier alpha value is -2.69. The Kier molecular flexibility index (Phi) is 21.1. The van der Waals surface area contributed by atoms with E-state index in [1.165, 1.54) is 6.92 Å². The summed E-state index contributed by atoms with van der Waals surface area (Å²) in [6.45, 7) is 5.89. The van der Waals surface area contributed by atoms with Crippen LogP contribution in [0.5, 0.6) is 0 Å². The van der Waals surface area contributed by atoms with E-state index in [1.54, 1.807) is 0 Å². The summed E-state index contributed by atoms with van der Waals surface area (Å²) in [7, 11) is 0. The van der Waals surface area contributed by atoms with Crippen LogP contribution in [-0.2, 0) is 24.0 Å². The molecule has 0 heterocycles. The molecule has 0 aliphatic heterocycles. The number of carbonyl (C=O) groups excluding carboxylic acids is 5. The molecular weight excluding hydrogens is 466 g/mol. The highest BCUT2D eigenvalue weighted by Gasteiger charge is 2.08. The van der Waals surface area contributed by atoms with E-state index in [0.29, 0.717) is 37.7 Å². The third kappa shape index (κ3) is 21.8. The average molecular weight is 514 g/mol. The van der Waals surface area contributed by atoms with Gasteiger partial charge in [-0.3, -0.25) is 29.2 Å². The largest absolute Gasteiger partial charge is 0.356 e. The van der Waals surface area contributed by atoms with Crippen LogP contribution in [0.15, 0.2) is 0 Å². The molecule has 208 valence electrons. The highest BCUT2D eigenvalue weighted by atomic mass is 16.5. The lowest BCUT2D eigenvalue weighted by molar-refractivity contribution is -0.162. The van der Waals surface area contributed by atoms with Crippen LogP contribution >= 0.6 is 0 Å². The van der Waals surface area contributed by atoms with Gasteiger partial charge in [-0.05, 0) is 44.9 Å². The van der Waals surface area contributed by atoms with Gasteiger partial charge in [0, 0.05) is 65.3 Å². The smallest absolute Gasteiger partial charge is 0.242 e. The zero-order valence-electron chi connectivity index (χ0n) is 22.2. The summed E-state index contributed by atoms with van der Waals surface area (Å²) in [6.07, 6.45) is 8.37. The zero-order chi connectivity index (χ0) is 27.0. The van der Waals surface area contributed by atoms with E-state index in [9.17, 15) is 29.2 Å². The van der Waals surface area contributed by atoms with Crippen molar-refractivity contribution in [3.8, 4) is 0 Å². The Labute approximate surface area is 215 Å². The normalized spacial score (nSPS) is 10.4. The summed E-state index contributed by atoms with van der Waals surface area (Å²) in [5, 5.41) is 21.1. The van der Waals surface area contributed by atoms with Crippen LogP contribution in [0.25, 0.3) is 0 Å². The van der Waals surface area contributed by atoms with Crippen LogP contribution < -0.4 is 21.3 Å². The van der Waals surface area contributed by atoms with Crippen LogP contribution in [0.4, 0.5) is 0 Å². The van der Waals surface area contributed by atoms with Gasteiger partial charge in [-0.15, -0.1) is 0 Å². The van der Waals surface area contributed by atoms with Gasteiger partial charge in [0.05, 0.1) is 0 Å². The molecule has 36 heavy (non-hydrogen) atoms. The fourth-order valence-electron chi connectivity index (χ4n) is 3.24. The zero-order valence-corrected chi connectivity index (χ0v) is 22.2. The monoisotopic (exact) mass is 513 g/mol. The average Bonchev–Trinajstić information content (AvgIpc) is 2.85. The minimum Gasteiger partial charge on any atom is -0.356 e. The Morgan fingerprint density at radius 1 is 0.556 bits per heavy atom. The molecule has 0 aliphatic rings. The topological polar surface area (TPSA) is 157 Å². The summed E-state index contributed by atoms with van der Waals surface area (Å²) in [6, 6.07) is 0. The minimum atomic E-state index is -0.391. The fraction of sp³-hybridized carbons (Fsp3) is 0.800. The second-order valence-corrected chi connectivity index (χ2v) is 8.87. The summed E-state index contributed by atoms with van der Waals surface area (Å²) >= 11 is 0. The molecular formula is C25H47N5O6. The highest BCUT2D eigenvalue weighted by Crippen LogP contribution is 1.99. The van der Waals surface area contributed by atoms with E-state index in [2.05, 4.69) is 28.2 Å². The highest BCUT2D eigenvalue weighted by molar-refractivity contribution is 5.84. The third-order valence-corrected chi connectivity index (χ3v) is 5.49. The van der Waals surface area contributed by atoms with Crippen molar-refractivity contribution < 1.29 is 29.2 Å². The molecule has 0 radical (unpaired) electrons. The summed E-state index contributed by atoms with van der Waals surface area (Å²) < 4.78 is 0. The second kappa shape index (κ2) is 22.8. The van der Waals surface area contributed by atoms with Crippen LogP contribution in [0, 0.1) is 0 Å². The van der Waals surface area contributed by atoms with Crippen LogP contribution in [0.2, 0.25) is 0 Å². The van der Waals surface area contributed by atoms with Crippen LogP contribution in [-0.4, -0.2) is 72.5 Å². The number of hydrogen-bond acceptors (Lipinski definition) is 6. The van der Waals surface area contributed by atoms with Crippen molar-refractivity contribution in [2.45, 2.75) is 97.3 Å². The van der Waals surface area contributed by atoms with Gasteiger partial charge in [-0.2, -0.15) is 0 Å². The molecule has 0 aromatic heterocycles. The van der Waals surface area contributed by atoms with Crippen molar-refractivity contribution in [2.24, 2.45) is 0 Å². The number of hydroxylamine groups is 2. The third-order valence-electron chi connectivity index (χ3n) is 5.49. The first-order valence-corrected chi connectivity index (χ1v) is 13.3. The quantitative estimate of drug-likeness (QED) is 0.0844. The van der Waals surface area contributed by atoms with E-state index in [-0.39, 0.29) is 55.9 Å². The summed E-state index contributed by atoms with van der Waals surface area (Å²) in [5.41, 5.74) is 0. The van der Waals surface area contributed by atoms with Crippen molar-refractivity contribution in [1.29, 1.82) is 0 Å². The van der Waals surface area contributed by atoms with Crippen LogP contribution in [0.1, 0.15) is 97.3 Å². The number of hydrogen-bond donors (Lipinski definition) is 5. The van der Waals surface area contributed by atoms with Crippen molar-refractivity contribution in [3.63, 3.8) is 0 Å². The van der Waals surface area contributed by atoms with Crippen molar-refractivity contribution >= 4 is 29.5 Å². The molecule has 11 heteroatoms. The molecule has 0 aliphatic carbocycles. The Balaban J connectivity index is 3.53. The van der Waals surface area contributed by atoms with Crippen LogP contribution in [0.3, 0.4) is 0 Å². The predicted octanol–water partition coefficient (Wildman–Crippen LogP) is 1.78. The van der Waals surface area contributed by atoms with E-state index < -0.39 is 5.91 Å². The summed E-state index contributed by atoms with van der Waals surface area (Å²) in [4.78, 5) is 57.9. The first-order valence-electron chi connectivity index (χ1n) is 13.3. The molecule has 0 unspecified atom stereocenters. The first kappa shape index (κ1) is 33.3. The van der Waals surface area contributed by atoms with E-state index >= 15 is 0 Å². The van der Waals surface area contributed by atoms with E-state index in [4.69, 9.17) is 0 Å². The van der Waals surface area contributed by atoms with Gasteiger partial charge in [-0.1, -0.05) is 19.8 Å². The maximum atomic E-state index is 11.8. The number of amides is 5. The molecule has 0 aromatic carbocycles. The standard InChI is InChI=1S/C25H47N5O6/c1-3-4-7-16-26-22(32)12-13-23(33)27-17-8-5-9-18-28-24(34)14-15-25(35)29-19-10-6-11-20-30(36)21(2)31/h36H,3-20H2,1-2H3,(H,26,32)(H,27,33)(H,28,34)(H,29,35). The summed E-state index contributed by atoms with van der Waals surface area (Å²) in [5.74, 6) is -0.958.